The summed E-state index contributed by atoms with van der Waals surface area (Å²) in [6.45, 7) is 6.25. The van der Waals surface area contributed by atoms with Gasteiger partial charge in [-0.25, -0.2) is 4.79 Å². The van der Waals surface area contributed by atoms with Crippen molar-refractivity contribution in [1.29, 1.82) is 0 Å². The number of rotatable bonds is 8. The van der Waals surface area contributed by atoms with Crippen LogP contribution in [0, 0.1) is 5.92 Å². The van der Waals surface area contributed by atoms with Crippen LogP contribution in [0.4, 0.5) is 5.69 Å². The van der Waals surface area contributed by atoms with E-state index >= 15 is 0 Å². The zero-order valence-corrected chi connectivity index (χ0v) is 18.6. The molecule has 0 spiro atoms. The fraction of sp³-hybridized carbons (Fsp3) is 0.385. The molecule has 1 saturated heterocycles. The van der Waals surface area contributed by atoms with Crippen molar-refractivity contribution in [1.82, 2.24) is 9.88 Å². The number of carbonyl (C=O) groups is 1. The van der Waals surface area contributed by atoms with Crippen molar-refractivity contribution in [3.63, 3.8) is 0 Å². The highest BCUT2D eigenvalue weighted by Gasteiger charge is 2.20. The molecule has 1 fully saturated rings. The molecule has 2 aromatic carbocycles. The first-order valence-corrected chi connectivity index (χ1v) is 11.4. The minimum atomic E-state index is -0.405. The number of piperidine rings is 1. The highest BCUT2D eigenvalue weighted by Crippen LogP contribution is 2.29. The van der Waals surface area contributed by atoms with Gasteiger partial charge in [-0.15, -0.1) is 0 Å². The van der Waals surface area contributed by atoms with Crippen LogP contribution >= 0.6 is 0 Å². The zero-order valence-electron chi connectivity index (χ0n) is 18.6. The normalized spacial score (nSPS) is 16.7. The molecular weight excluding hydrogens is 402 g/mol. The number of ether oxygens (including phenoxy) is 1. The predicted molar refractivity (Wildman–Crippen MR) is 127 cm³/mol. The summed E-state index contributed by atoms with van der Waals surface area (Å²) in [6.07, 6.45) is 5.20. The van der Waals surface area contributed by atoms with Crippen molar-refractivity contribution < 1.29 is 14.6 Å². The molecule has 2 heterocycles. The van der Waals surface area contributed by atoms with E-state index in [0.29, 0.717) is 29.0 Å². The Morgan fingerprint density at radius 3 is 2.91 bits per heavy atom. The van der Waals surface area contributed by atoms with Crippen molar-refractivity contribution in [2.75, 3.05) is 38.1 Å². The van der Waals surface area contributed by atoms with Crippen molar-refractivity contribution in [2.45, 2.75) is 26.2 Å². The Hall–Kier alpha value is -3.12. The number of phenolic OH excluding ortho intramolecular Hbond substituents is 1. The number of nitrogens with zero attached hydrogens (tertiary/aromatic N) is 2. The first-order chi connectivity index (χ1) is 15.6. The van der Waals surface area contributed by atoms with E-state index in [-0.39, 0.29) is 5.75 Å². The number of anilines is 1. The molecule has 6 heteroatoms. The number of carbonyl (C=O) groups excluding carboxylic acids is 1. The fourth-order valence-corrected chi connectivity index (χ4v) is 4.40. The number of aromatic hydroxyl groups is 1. The third-order valence-electron chi connectivity index (χ3n) is 6.08. The Morgan fingerprint density at radius 2 is 2.09 bits per heavy atom. The summed E-state index contributed by atoms with van der Waals surface area (Å²) in [5.74, 6) is 0.211. The molecule has 6 nitrogen and oxygen atoms in total. The second kappa shape index (κ2) is 10.5. The summed E-state index contributed by atoms with van der Waals surface area (Å²) < 4.78 is 5.16. The Labute approximate surface area is 189 Å². The Bertz CT molecular complexity index is 1050. The quantitative estimate of drug-likeness (QED) is 0.510. The molecular formula is C26H31N3O3. The minimum absolute atomic E-state index is 0.0564. The van der Waals surface area contributed by atoms with Gasteiger partial charge in [0.2, 0.25) is 0 Å². The van der Waals surface area contributed by atoms with Crippen molar-refractivity contribution in [3.8, 4) is 5.75 Å². The zero-order chi connectivity index (χ0) is 22.3. The molecule has 32 heavy (non-hydrogen) atoms. The molecule has 4 rings (SSSR count). The maximum atomic E-state index is 12.3. The summed E-state index contributed by atoms with van der Waals surface area (Å²) in [4.78, 5) is 19.3. The fourth-order valence-electron chi connectivity index (χ4n) is 4.40. The summed E-state index contributed by atoms with van der Waals surface area (Å²) in [5, 5.41) is 14.2. The monoisotopic (exact) mass is 433 g/mol. The molecule has 0 saturated carbocycles. The standard InChI is InChI=1S/C26H31N3O3/c1-2-32-26(31)22-10-11-24(30)25-23(22)15-21(17-28-25)27-16-20-9-6-13-29(18-20)14-12-19-7-4-3-5-8-19/h3-5,7-8,10-11,15,17,20,27,30H,2,6,9,12-14,16,18H2,1H3. The summed E-state index contributed by atoms with van der Waals surface area (Å²) >= 11 is 0. The number of fused-ring (bicyclic) bond motifs is 1. The molecule has 3 aromatic rings. The van der Waals surface area contributed by atoms with E-state index in [1.165, 1.54) is 24.5 Å². The molecule has 0 aliphatic carbocycles. The number of hydrogen-bond acceptors (Lipinski definition) is 6. The second-order valence-corrected chi connectivity index (χ2v) is 8.40. The Morgan fingerprint density at radius 1 is 1.25 bits per heavy atom. The lowest BCUT2D eigenvalue weighted by Crippen LogP contribution is -2.39. The van der Waals surface area contributed by atoms with Crippen LogP contribution in [0.15, 0.2) is 54.7 Å². The predicted octanol–water partition coefficient (Wildman–Crippen LogP) is 4.48. The third kappa shape index (κ3) is 5.37. The SMILES string of the molecule is CCOC(=O)c1ccc(O)c2ncc(NCC3CCCN(CCc4ccccc4)C3)cc12. The van der Waals surface area contributed by atoms with Crippen molar-refractivity contribution in [3.05, 3.63) is 65.9 Å². The van der Waals surface area contributed by atoms with Gasteiger partial charge < -0.3 is 20.1 Å². The Balaban J connectivity index is 1.39. The van der Waals surface area contributed by atoms with E-state index in [2.05, 4.69) is 45.5 Å². The number of likely N-dealkylation sites (tertiary alicyclic amines) is 1. The molecule has 1 aliphatic rings. The maximum absolute atomic E-state index is 12.3. The number of nitrogens with one attached hydrogen (secondary N) is 1. The number of aromatic nitrogens is 1. The lowest BCUT2D eigenvalue weighted by molar-refractivity contribution is 0.0528. The molecule has 1 unspecified atom stereocenters. The van der Waals surface area contributed by atoms with Gasteiger partial charge in [0.1, 0.15) is 11.3 Å². The van der Waals surface area contributed by atoms with Crippen LogP contribution in [0.5, 0.6) is 5.75 Å². The molecule has 2 N–H and O–H groups in total. The number of esters is 1. The van der Waals surface area contributed by atoms with E-state index in [1.54, 1.807) is 19.2 Å². The van der Waals surface area contributed by atoms with Crippen LogP contribution in [-0.4, -0.2) is 53.7 Å². The van der Waals surface area contributed by atoms with Gasteiger partial charge >= 0.3 is 5.97 Å². The van der Waals surface area contributed by atoms with E-state index in [4.69, 9.17) is 4.74 Å². The van der Waals surface area contributed by atoms with Crippen LogP contribution in [0.2, 0.25) is 0 Å². The lowest BCUT2D eigenvalue weighted by Gasteiger charge is -2.33. The molecule has 1 atom stereocenters. The number of phenols is 1. The van der Waals surface area contributed by atoms with E-state index < -0.39 is 5.97 Å². The molecule has 1 aromatic heterocycles. The van der Waals surface area contributed by atoms with Gasteiger partial charge in [0.25, 0.3) is 0 Å². The molecule has 0 amide bonds. The van der Waals surface area contributed by atoms with Gasteiger partial charge in [-0.1, -0.05) is 30.3 Å². The van der Waals surface area contributed by atoms with Gasteiger partial charge in [-0.05, 0) is 62.4 Å². The Kier molecular flexibility index (Phi) is 7.22. The van der Waals surface area contributed by atoms with Crippen LogP contribution in [0.25, 0.3) is 10.9 Å². The first-order valence-electron chi connectivity index (χ1n) is 11.4. The molecule has 0 bridgehead atoms. The van der Waals surface area contributed by atoms with Gasteiger partial charge in [-0.3, -0.25) is 4.98 Å². The van der Waals surface area contributed by atoms with Crippen LogP contribution in [0.1, 0.15) is 35.7 Å². The minimum Gasteiger partial charge on any atom is -0.506 e. The molecule has 0 radical (unpaired) electrons. The van der Waals surface area contributed by atoms with E-state index in [9.17, 15) is 9.90 Å². The first kappa shape index (κ1) is 22.1. The van der Waals surface area contributed by atoms with Crippen LogP contribution < -0.4 is 5.32 Å². The number of hydrogen-bond donors (Lipinski definition) is 2. The largest absolute Gasteiger partial charge is 0.506 e. The van der Waals surface area contributed by atoms with Gasteiger partial charge in [0, 0.05) is 25.0 Å². The molecule has 168 valence electrons. The van der Waals surface area contributed by atoms with E-state index in [0.717, 1.165) is 38.3 Å². The van der Waals surface area contributed by atoms with Gasteiger partial charge in [-0.2, -0.15) is 0 Å². The smallest absolute Gasteiger partial charge is 0.338 e. The summed E-state index contributed by atoms with van der Waals surface area (Å²) in [6, 6.07) is 15.6. The number of pyridine rings is 1. The highest BCUT2D eigenvalue weighted by atomic mass is 16.5. The average molecular weight is 434 g/mol. The van der Waals surface area contributed by atoms with Crippen LogP contribution in [0.3, 0.4) is 0 Å². The number of benzene rings is 2. The second-order valence-electron chi connectivity index (χ2n) is 8.40. The van der Waals surface area contributed by atoms with Gasteiger partial charge in [0.15, 0.2) is 0 Å². The lowest BCUT2D eigenvalue weighted by atomic mass is 9.97. The third-order valence-corrected chi connectivity index (χ3v) is 6.08. The topological polar surface area (TPSA) is 74.7 Å². The van der Waals surface area contributed by atoms with Gasteiger partial charge in [0.05, 0.1) is 24.1 Å². The van der Waals surface area contributed by atoms with Crippen LogP contribution in [-0.2, 0) is 11.2 Å². The maximum Gasteiger partial charge on any atom is 0.338 e. The average Bonchev–Trinajstić information content (AvgIpc) is 2.83. The van der Waals surface area contributed by atoms with Crippen molar-refractivity contribution >= 4 is 22.6 Å². The summed E-state index contributed by atoms with van der Waals surface area (Å²) in [7, 11) is 0. The summed E-state index contributed by atoms with van der Waals surface area (Å²) in [5.41, 5.74) is 3.05. The van der Waals surface area contributed by atoms with E-state index in [1.807, 2.05) is 6.07 Å². The highest BCUT2D eigenvalue weighted by molar-refractivity contribution is 6.05. The molecule has 1 aliphatic heterocycles. The van der Waals surface area contributed by atoms with Crippen molar-refractivity contribution in [2.24, 2.45) is 5.92 Å².